The van der Waals surface area contributed by atoms with Gasteiger partial charge in [0.25, 0.3) is 5.69 Å². The number of thiocarbonyl (C=S) groups is 1. The summed E-state index contributed by atoms with van der Waals surface area (Å²) in [7, 11) is 0. The van der Waals surface area contributed by atoms with Gasteiger partial charge < -0.3 is 15.4 Å². The van der Waals surface area contributed by atoms with Crippen LogP contribution >= 0.6 is 12.2 Å². The average Bonchev–Trinajstić information content (AvgIpc) is 2.61. The van der Waals surface area contributed by atoms with Crippen LogP contribution in [0.2, 0.25) is 0 Å². The Hall–Kier alpha value is -2.22. The number of anilines is 1. The molecule has 2 N–H and O–H groups in total. The van der Waals surface area contributed by atoms with E-state index in [0.717, 1.165) is 19.3 Å². The van der Waals surface area contributed by atoms with E-state index in [1.165, 1.54) is 25.3 Å². The predicted octanol–water partition coefficient (Wildman–Crippen LogP) is 4.02. The third-order valence-corrected chi connectivity index (χ3v) is 6.68. The van der Waals surface area contributed by atoms with Crippen molar-refractivity contribution in [3.8, 4) is 5.75 Å². The second-order valence-corrected chi connectivity index (χ2v) is 8.88. The number of hydrogen-bond acceptors (Lipinski definition) is 5. The minimum atomic E-state index is -0.492. The molecule has 4 saturated carbocycles. The Bertz CT molecular complexity index is 790. The zero-order valence-electron chi connectivity index (χ0n) is 15.9. The number of nitrogens with zero attached hydrogens (tertiary/aromatic N) is 1. The molecule has 0 aliphatic heterocycles. The first-order chi connectivity index (χ1) is 13.4. The van der Waals surface area contributed by atoms with Crippen molar-refractivity contribution in [2.24, 2.45) is 23.2 Å². The lowest BCUT2D eigenvalue weighted by molar-refractivity contribution is -0.384. The number of nitro groups is 1. The van der Waals surface area contributed by atoms with Crippen LogP contribution in [0.3, 0.4) is 0 Å². The first-order valence-corrected chi connectivity index (χ1v) is 10.3. The number of nitrogens with one attached hydrogen (secondary N) is 2. The molecule has 4 aliphatic carbocycles. The fourth-order valence-corrected chi connectivity index (χ4v) is 6.01. The molecule has 0 spiro atoms. The Morgan fingerprint density at radius 3 is 2.39 bits per heavy atom. The summed E-state index contributed by atoms with van der Waals surface area (Å²) in [6, 6.07) is 4.55. The van der Waals surface area contributed by atoms with Gasteiger partial charge in [0.05, 0.1) is 23.0 Å². The van der Waals surface area contributed by atoms with Gasteiger partial charge in [0.1, 0.15) is 11.4 Å². The normalized spacial score (nSPS) is 30.0. The van der Waals surface area contributed by atoms with Gasteiger partial charge in [-0.25, -0.2) is 0 Å². The lowest BCUT2D eigenvalue weighted by Gasteiger charge is -2.55. The van der Waals surface area contributed by atoms with Crippen molar-refractivity contribution < 1.29 is 14.5 Å². The Kier molecular flexibility index (Phi) is 4.99. The number of ether oxygens (including phenoxy) is 1. The molecule has 5 rings (SSSR count). The van der Waals surface area contributed by atoms with Gasteiger partial charge in [0.2, 0.25) is 5.91 Å². The largest absolute Gasteiger partial charge is 0.494 e. The highest BCUT2D eigenvalue weighted by Gasteiger charge is 2.54. The fourth-order valence-electron chi connectivity index (χ4n) is 5.80. The van der Waals surface area contributed by atoms with Crippen LogP contribution < -0.4 is 15.4 Å². The van der Waals surface area contributed by atoms with Gasteiger partial charge in [-0.1, -0.05) is 0 Å². The van der Waals surface area contributed by atoms with E-state index in [4.69, 9.17) is 17.0 Å². The predicted molar refractivity (Wildman–Crippen MR) is 109 cm³/mol. The molecule has 150 valence electrons. The highest BCUT2D eigenvalue weighted by molar-refractivity contribution is 7.80. The summed E-state index contributed by atoms with van der Waals surface area (Å²) in [5, 5.41) is 17.1. The van der Waals surface area contributed by atoms with Crippen LogP contribution in [0.1, 0.15) is 45.4 Å². The van der Waals surface area contributed by atoms with E-state index in [-0.39, 0.29) is 27.8 Å². The highest BCUT2D eigenvalue weighted by atomic mass is 32.1. The summed E-state index contributed by atoms with van der Waals surface area (Å²) in [6.45, 7) is 2.23. The molecule has 0 radical (unpaired) electrons. The molecule has 4 fully saturated rings. The minimum absolute atomic E-state index is 0.0299. The molecule has 0 atom stereocenters. The van der Waals surface area contributed by atoms with Crippen molar-refractivity contribution in [2.75, 3.05) is 11.9 Å². The molecule has 0 unspecified atom stereocenters. The molecular weight excluding hydrogens is 378 g/mol. The van der Waals surface area contributed by atoms with E-state index < -0.39 is 4.92 Å². The standard InChI is InChI=1S/C20H25N3O4S/c1-2-27-15-3-4-16(17(8-15)23(25)26)21-19(28)22-18(24)20-9-12-5-13(10-20)7-14(6-12)11-20/h3-4,8,12-14H,2,5-7,9-11H2,1H3,(H2,21,22,24,28). The molecule has 0 saturated heterocycles. The van der Waals surface area contributed by atoms with Gasteiger partial charge in [-0.05, 0) is 87.6 Å². The Morgan fingerprint density at radius 2 is 1.86 bits per heavy atom. The molecule has 1 aromatic carbocycles. The smallest absolute Gasteiger partial charge is 0.296 e. The summed E-state index contributed by atoms with van der Waals surface area (Å²) in [4.78, 5) is 24.0. The van der Waals surface area contributed by atoms with Gasteiger partial charge in [-0.15, -0.1) is 0 Å². The maximum absolute atomic E-state index is 13.1. The van der Waals surface area contributed by atoms with E-state index in [1.807, 2.05) is 6.92 Å². The first-order valence-electron chi connectivity index (χ1n) is 9.92. The van der Waals surface area contributed by atoms with Gasteiger partial charge in [-0.2, -0.15) is 0 Å². The lowest BCUT2D eigenvalue weighted by Crippen LogP contribution is -2.55. The first kappa shape index (κ1) is 19.1. The van der Waals surface area contributed by atoms with Crippen molar-refractivity contribution in [1.29, 1.82) is 0 Å². The molecule has 7 nitrogen and oxygen atoms in total. The molecule has 4 bridgehead atoms. The zero-order valence-corrected chi connectivity index (χ0v) is 16.7. The summed E-state index contributed by atoms with van der Waals surface area (Å²) in [5.74, 6) is 2.36. The Balaban J connectivity index is 1.45. The maximum Gasteiger partial charge on any atom is 0.296 e. The van der Waals surface area contributed by atoms with Crippen molar-refractivity contribution >= 4 is 34.6 Å². The van der Waals surface area contributed by atoms with Crippen LogP contribution in [-0.4, -0.2) is 22.5 Å². The average molecular weight is 404 g/mol. The number of rotatable bonds is 5. The fraction of sp³-hybridized carbons (Fsp3) is 0.600. The SMILES string of the molecule is CCOc1ccc(NC(=S)NC(=O)C23CC4CC(CC(C4)C2)C3)c([N+](=O)[O-])c1. The van der Waals surface area contributed by atoms with Crippen LogP contribution in [-0.2, 0) is 4.79 Å². The van der Waals surface area contributed by atoms with Crippen LogP contribution in [0.25, 0.3) is 0 Å². The van der Waals surface area contributed by atoms with E-state index in [2.05, 4.69) is 10.6 Å². The molecule has 28 heavy (non-hydrogen) atoms. The second-order valence-electron chi connectivity index (χ2n) is 8.48. The minimum Gasteiger partial charge on any atom is -0.494 e. The van der Waals surface area contributed by atoms with E-state index >= 15 is 0 Å². The van der Waals surface area contributed by atoms with E-state index in [9.17, 15) is 14.9 Å². The Morgan fingerprint density at radius 1 is 1.25 bits per heavy atom. The number of hydrogen-bond donors (Lipinski definition) is 2. The zero-order chi connectivity index (χ0) is 19.9. The summed E-state index contributed by atoms with van der Waals surface area (Å²) in [5.41, 5.74) is -0.216. The van der Waals surface area contributed by atoms with Crippen LogP contribution in [0, 0.1) is 33.3 Å². The second kappa shape index (κ2) is 7.31. The van der Waals surface area contributed by atoms with Gasteiger partial charge in [0.15, 0.2) is 5.11 Å². The van der Waals surface area contributed by atoms with Crippen molar-refractivity contribution in [3.63, 3.8) is 0 Å². The van der Waals surface area contributed by atoms with Gasteiger partial charge in [0, 0.05) is 0 Å². The number of benzene rings is 1. The van der Waals surface area contributed by atoms with Crippen LogP contribution in [0.5, 0.6) is 5.75 Å². The molecule has 1 aromatic rings. The molecule has 8 heteroatoms. The lowest BCUT2D eigenvalue weighted by atomic mass is 9.49. The molecule has 0 heterocycles. The summed E-state index contributed by atoms with van der Waals surface area (Å²) in [6.07, 6.45) is 6.60. The third kappa shape index (κ3) is 3.57. The number of carbonyl (C=O) groups excluding carboxylic acids is 1. The maximum atomic E-state index is 13.1. The Labute approximate surface area is 169 Å². The molecule has 1 amide bonds. The van der Waals surface area contributed by atoms with E-state index in [1.54, 1.807) is 12.1 Å². The van der Waals surface area contributed by atoms with Crippen LogP contribution in [0.15, 0.2) is 18.2 Å². The van der Waals surface area contributed by atoms with E-state index in [0.29, 0.717) is 30.1 Å². The molecule has 4 aliphatic rings. The van der Waals surface area contributed by atoms with Gasteiger partial charge in [-0.3, -0.25) is 14.9 Å². The summed E-state index contributed by atoms with van der Waals surface area (Å²) >= 11 is 5.30. The van der Waals surface area contributed by atoms with Crippen molar-refractivity contribution in [1.82, 2.24) is 5.32 Å². The monoisotopic (exact) mass is 403 g/mol. The topological polar surface area (TPSA) is 93.5 Å². The third-order valence-electron chi connectivity index (χ3n) is 6.47. The van der Waals surface area contributed by atoms with Gasteiger partial charge >= 0.3 is 0 Å². The number of carbonyl (C=O) groups is 1. The highest BCUT2D eigenvalue weighted by Crippen LogP contribution is 2.60. The molecular formula is C20H25N3O4S. The number of nitro benzene ring substituents is 1. The van der Waals surface area contributed by atoms with Crippen molar-refractivity contribution in [3.05, 3.63) is 28.3 Å². The van der Waals surface area contributed by atoms with Crippen LogP contribution in [0.4, 0.5) is 11.4 Å². The number of amides is 1. The summed E-state index contributed by atoms with van der Waals surface area (Å²) < 4.78 is 5.32. The quantitative estimate of drug-likeness (QED) is 0.438. The molecule has 0 aromatic heterocycles. The van der Waals surface area contributed by atoms with Crippen molar-refractivity contribution in [2.45, 2.75) is 45.4 Å².